The van der Waals surface area contributed by atoms with Gasteiger partial charge in [-0.2, -0.15) is 0 Å². The van der Waals surface area contributed by atoms with E-state index in [1.807, 2.05) is 0 Å². The molecule has 0 aliphatic carbocycles. The Hall–Kier alpha value is -2.22. The quantitative estimate of drug-likeness (QED) is 0.589. The molecule has 3 rings (SSSR count). The summed E-state index contributed by atoms with van der Waals surface area (Å²) < 4.78 is 10.6. The normalized spacial score (nSPS) is 19.4. The van der Waals surface area contributed by atoms with Crippen LogP contribution in [0.4, 0.5) is 11.6 Å². The Bertz CT molecular complexity index is 556. The topological polar surface area (TPSA) is 94.8 Å². The maximum Gasteiger partial charge on any atom is 0.366 e. The van der Waals surface area contributed by atoms with Crippen LogP contribution in [-0.2, 0) is 9.53 Å². The third kappa shape index (κ3) is 2.18. The number of carbonyl (C=O) groups is 1. The van der Waals surface area contributed by atoms with Crippen molar-refractivity contribution >= 4 is 17.5 Å². The van der Waals surface area contributed by atoms with Gasteiger partial charge in [0.1, 0.15) is 0 Å². The Morgan fingerprint density at radius 3 is 2.80 bits per heavy atom. The molecule has 1 amide bonds. The van der Waals surface area contributed by atoms with E-state index in [9.17, 15) is 14.9 Å². The van der Waals surface area contributed by atoms with Crippen LogP contribution < -0.4 is 9.64 Å². The molecule has 8 nitrogen and oxygen atoms in total. The predicted octanol–water partition coefficient (Wildman–Crippen LogP) is 0.894. The molecule has 3 heterocycles. The fraction of sp³-hybridized carbons (Fsp3) is 0.500. The zero-order valence-corrected chi connectivity index (χ0v) is 10.7. The average molecular weight is 279 g/mol. The highest BCUT2D eigenvalue weighted by atomic mass is 16.6. The number of ether oxygens (including phenoxy) is 2. The number of amides is 1. The number of rotatable bonds is 2. The van der Waals surface area contributed by atoms with Gasteiger partial charge >= 0.3 is 5.82 Å². The van der Waals surface area contributed by atoms with Gasteiger partial charge in [-0.05, 0) is 28.8 Å². The lowest BCUT2D eigenvalue weighted by Gasteiger charge is -2.34. The fourth-order valence-corrected chi connectivity index (χ4v) is 2.46. The van der Waals surface area contributed by atoms with Crippen LogP contribution in [0.2, 0.25) is 0 Å². The van der Waals surface area contributed by atoms with Crippen LogP contribution in [0.5, 0.6) is 5.75 Å². The first-order chi connectivity index (χ1) is 9.66. The molecule has 0 atom stereocenters. The van der Waals surface area contributed by atoms with Crippen LogP contribution in [0.3, 0.4) is 0 Å². The lowest BCUT2D eigenvalue weighted by molar-refractivity contribution is -0.389. The number of nitrogens with zero attached hydrogens (tertiary/aromatic N) is 3. The summed E-state index contributed by atoms with van der Waals surface area (Å²) in [5.41, 5.74) is 0. The molecule has 0 saturated carbocycles. The Kier molecular flexibility index (Phi) is 3.23. The van der Waals surface area contributed by atoms with E-state index >= 15 is 0 Å². The monoisotopic (exact) mass is 279 g/mol. The van der Waals surface area contributed by atoms with Gasteiger partial charge in [0.15, 0.2) is 12.4 Å². The van der Waals surface area contributed by atoms with Crippen molar-refractivity contribution in [3.8, 4) is 5.75 Å². The number of hydrogen-bond donors (Lipinski definition) is 0. The highest BCUT2D eigenvalue weighted by Crippen LogP contribution is 2.35. The van der Waals surface area contributed by atoms with Gasteiger partial charge in [-0.3, -0.25) is 9.69 Å². The molecule has 1 saturated heterocycles. The summed E-state index contributed by atoms with van der Waals surface area (Å²) in [6, 6.07) is 2.71. The van der Waals surface area contributed by atoms with Gasteiger partial charge in [-0.15, -0.1) is 0 Å². The van der Waals surface area contributed by atoms with Gasteiger partial charge in [-0.1, -0.05) is 0 Å². The number of hydrogen-bond acceptors (Lipinski definition) is 6. The molecule has 0 N–H and O–H groups in total. The van der Waals surface area contributed by atoms with Crippen LogP contribution in [0.25, 0.3) is 0 Å². The molecule has 1 fully saturated rings. The van der Waals surface area contributed by atoms with E-state index in [1.165, 1.54) is 17.0 Å². The van der Waals surface area contributed by atoms with Gasteiger partial charge in [0.05, 0.1) is 0 Å². The van der Waals surface area contributed by atoms with Gasteiger partial charge in [-0.25, -0.2) is 0 Å². The molecule has 20 heavy (non-hydrogen) atoms. The van der Waals surface area contributed by atoms with Gasteiger partial charge in [0.2, 0.25) is 0 Å². The Morgan fingerprint density at radius 2 is 2.10 bits per heavy atom. The molecule has 2 aliphatic heterocycles. The van der Waals surface area contributed by atoms with Crippen LogP contribution >= 0.6 is 0 Å². The van der Waals surface area contributed by atoms with Gasteiger partial charge < -0.3 is 19.6 Å². The number of fused-ring (bicyclic) bond motifs is 1. The minimum Gasteiger partial charge on any atom is -0.477 e. The summed E-state index contributed by atoms with van der Waals surface area (Å²) in [5.74, 6) is 0.126. The summed E-state index contributed by atoms with van der Waals surface area (Å²) in [7, 11) is 0. The zero-order chi connectivity index (χ0) is 14.1. The summed E-state index contributed by atoms with van der Waals surface area (Å²) >= 11 is 0. The smallest absolute Gasteiger partial charge is 0.366 e. The molecule has 0 spiro atoms. The lowest BCUT2D eigenvalue weighted by Crippen LogP contribution is -2.48. The third-order valence-corrected chi connectivity index (χ3v) is 3.42. The zero-order valence-electron chi connectivity index (χ0n) is 10.7. The van der Waals surface area contributed by atoms with Crippen molar-refractivity contribution in [2.24, 2.45) is 0 Å². The molecule has 0 radical (unpaired) electrons. The average Bonchev–Trinajstić information content (AvgIpc) is 2.47. The minimum absolute atomic E-state index is 0.0478. The first-order valence-corrected chi connectivity index (χ1v) is 6.35. The van der Waals surface area contributed by atoms with Crippen LogP contribution in [0.15, 0.2) is 12.1 Å². The van der Waals surface area contributed by atoms with Crippen LogP contribution in [-0.4, -0.2) is 41.7 Å². The lowest BCUT2D eigenvalue weighted by atomic mass is 10.1. The molecule has 1 aromatic heterocycles. The Morgan fingerprint density at radius 1 is 1.35 bits per heavy atom. The SMILES string of the molecule is O=C1COc2ccc([N+](=O)[O-])nc2N1C1CCOCC1. The number of carbonyl (C=O) groups excluding carboxylic acids is 1. The molecule has 2 aliphatic rings. The van der Waals surface area contributed by atoms with Crippen molar-refractivity contribution < 1.29 is 19.2 Å². The van der Waals surface area contributed by atoms with Crippen molar-refractivity contribution in [2.75, 3.05) is 24.7 Å². The second kappa shape index (κ2) is 5.04. The number of pyridine rings is 1. The standard InChI is InChI=1S/C12H13N3O5/c16-11-7-20-9-1-2-10(15(17)18)13-12(9)14(11)8-3-5-19-6-4-8/h1-2,8H,3-7H2. The second-order valence-corrected chi connectivity index (χ2v) is 4.64. The number of anilines is 1. The summed E-state index contributed by atoms with van der Waals surface area (Å²) in [6.45, 7) is 1.07. The van der Waals surface area contributed by atoms with Crippen molar-refractivity contribution in [1.29, 1.82) is 0 Å². The van der Waals surface area contributed by atoms with Crippen molar-refractivity contribution in [3.05, 3.63) is 22.2 Å². The Balaban J connectivity index is 2.00. The molecular weight excluding hydrogens is 266 g/mol. The highest BCUT2D eigenvalue weighted by Gasteiger charge is 2.37. The molecule has 106 valence electrons. The first kappa shape index (κ1) is 12.8. The number of aromatic nitrogens is 1. The fourth-order valence-electron chi connectivity index (χ4n) is 2.46. The van der Waals surface area contributed by atoms with Crippen molar-refractivity contribution in [3.63, 3.8) is 0 Å². The van der Waals surface area contributed by atoms with Gasteiger partial charge in [0.25, 0.3) is 11.7 Å². The van der Waals surface area contributed by atoms with E-state index in [0.29, 0.717) is 31.8 Å². The molecular formula is C12H13N3O5. The second-order valence-electron chi connectivity index (χ2n) is 4.64. The molecule has 8 heteroatoms. The van der Waals surface area contributed by atoms with Gasteiger partial charge in [0, 0.05) is 25.3 Å². The molecule has 0 bridgehead atoms. The van der Waals surface area contributed by atoms with E-state index in [1.54, 1.807) is 0 Å². The van der Waals surface area contributed by atoms with Crippen LogP contribution in [0, 0.1) is 10.1 Å². The summed E-state index contributed by atoms with van der Waals surface area (Å²) in [6.07, 6.45) is 1.38. The van der Waals surface area contributed by atoms with E-state index in [2.05, 4.69) is 4.98 Å². The van der Waals surface area contributed by atoms with Crippen molar-refractivity contribution in [2.45, 2.75) is 18.9 Å². The maximum absolute atomic E-state index is 12.1. The molecule has 0 unspecified atom stereocenters. The maximum atomic E-state index is 12.1. The highest BCUT2D eigenvalue weighted by molar-refractivity contribution is 5.97. The summed E-state index contributed by atoms with van der Waals surface area (Å²) in [4.78, 5) is 27.8. The van der Waals surface area contributed by atoms with Crippen LogP contribution in [0.1, 0.15) is 12.8 Å². The largest absolute Gasteiger partial charge is 0.477 e. The van der Waals surface area contributed by atoms with E-state index in [-0.39, 0.29) is 30.2 Å². The summed E-state index contributed by atoms with van der Waals surface area (Å²) in [5, 5.41) is 10.8. The predicted molar refractivity (Wildman–Crippen MR) is 67.7 cm³/mol. The Labute approximate surface area is 114 Å². The first-order valence-electron chi connectivity index (χ1n) is 6.35. The van der Waals surface area contributed by atoms with E-state index < -0.39 is 4.92 Å². The molecule has 1 aromatic rings. The molecule has 0 aromatic carbocycles. The van der Waals surface area contributed by atoms with Crippen molar-refractivity contribution in [1.82, 2.24) is 4.98 Å². The number of nitro groups is 1. The third-order valence-electron chi connectivity index (χ3n) is 3.42. The van der Waals surface area contributed by atoms with E-state index in [0.717, 1.165) is 0 Å². The van der Waals surface area contributed by atoms with E-state index in [4.69, 9.17) is 9.47 Å². The minimum atomic E-state index is -0.582.